The van der Waals surface area contributed by atoms with Gasteiger partial charge in [0.25, 0.3) is 0 Å². The molecule has 12 rings (SSSR count). The molecule has 0 aliphatic heterocycles. The van der Waals surface area contributed by atoms with Crippen LogP contribution in [0.1, 0.15) is 0 Å². The van der Waals surface area contributed by atoms with Crippen molar-refractivity contribution in [3.05, 3.63) is 278 Å². The molecule has 0 aliphatic carbocycles. The second-order valence-electron chi connectivity index (χ2n) is 10.2. The molecule has 0 radical (unpaired) electrons. The van der Waals surface area contributed by atoms with E-state index in [0.29, 0.717) is 0 Å². The molecule has 21 nitrogen and oxygen atoms in total. The third kappa shape index (κ3) is 48.3. The van der Waals surface area contributed by atoms with Gasteiger partial charge in [-0.3, -0.25) is 25.1 Å². The first-order valence-electron chi connectivity index (χ1n) is 19.0. The van der Waals surface area contributed by atoms with E-state index in [1.54, 1.807) is 118 Å². The number of aromatic amines is 4. The van der Waals surface area contributed by atoms with Crippen molar-refractivity contribution in [2.24, 2.45) is 0 Å². The van der Waals surface area contributed by atoms with Gasteiger partial charge in [-0.2, -0.15) is 20.4 Å². The lowest BCUT2D eigenvalue weighted by atomic mass is 10.4. The summed E-state index contributed by atoms with van der Waals surface area (Å²) in [6, 6.07) is 32.5. The van der Waals surface area contributed by atoms with Crippen LogP contribution in [0.2, 0.25) is 0 Å². The summed E-state index contributed by atoms with van der Waals surface area (Å²) in [6.45, 7) is 0. The number of benzene rings is 1. The molecule has 0 amide bonds. The fourth-order valence-corrected chi connectivity index (χ4v) is 2.94. The average molecular weight is 888 g/mol. The molecule has 0 bridgehead atoms. The number of H-pyrrole nitrogens is 4. The molecule has 11 aromatic heterocycles. The lowest BCUT2D eigenvalue weighted by molar-refractivity contribution is 0.558. The quantitative estimate of drug-likeness (QED) is 0.114. The van der Waals surface area contributed by atoms with E-state index in [1.165, 1.54) is 50.6 Å². The highest BCUT2D eigenvalue weighted by Gasteiger charge is 1.64. The van der Waals surface area contributed by atoms with E-state index in [0.717, 1.165) is 0 Å². The van der Waals surface area contributed by atoms with Gasteiger partial charge in [0, 0.05) is 99.1 Å². The zero-order valence-electron chi connectivity index (χ0n) is 35.5. The minimum Gasteiger partial charge on any atom is -0.473 e. The molecular weight excluding hydrogens is 839 g/mol. The van der Waals surface area contributed by atoms with Crippen LogP contribution in [0.3, 0.4) is 0 Å². The van der Waals surface area contributed by atoms with Gasteiger partial charge in [-0.1, -0.05) is 42.5 Å². The Labute approximate surface area is 381 Å². The van der Waals surface area contributed by atoms with Gasteiger partial charge in [0.1, 0.15) is 44.2 Å². The summed E-state index contributed by atoms with van der Waals surface area (Å²) < 4.78 is 9.06. The van der Waals surface area contributed by atoms with Gasteiger partial charge in [-0.15, -0.1) is 0 Å². The summed E-state index contributed by atoms with van der Waals surface area (Å²) in [5.74, 6) is 0. The van der Waals surface area contributed by atoms with Crippen molar-refractivity contribution in [3.63, 3.8) is 0 Å². The topological polar surface area (TPSA) is 283 Å². The molecule has 0 saturated heterocycles. The summed E-state index contributed by atoms with van der Waals surface area (Å²) in [5, 5.41) is 19.3. The fraction of sp³-hybridized carbons (Fsp3) is 0. The summed E-state index contributed by atoms with van der Waals surface area (Å²) in [6.07, 6.45) is 45.5. The first-order valence-corrected chi connectivity index (χ1v) is 19.0. The molecule has 11 heterocycles. The Kier molecular flexibility index (Phi) is 41.8. The highest BCUT2D eigenvalue weighted by atomic mass is 16.3. The van der Waals surface area contributed by atoms with E-state index in [-0.39, 0.29) is 0 Å². The van der Waals surface area contributed by atoms with Crippen LogP contribution in [-0.2, 0) is 0 Å². The van der Waals surface area contributed by atoms with Crippen LogP contribution in [0.25, 0.3) is 0 Å². The van der Waals surface area contributed by atoms with Crippen molar-refractivity contribution in [2.75, 3.05) is 0 Å². The van der Waals surface area contributed by atoms with Gasteiger partial charge in [0.15, 0.2) is 6.39 Å². The van der Waals surface area contributed by atoms with Crippen molar-refractivity contribution in [3.8, 4) is 0 Å². The number of furan rings is 1. The van der Waals surface area contributed by atoms with E-state index in [2.05, 4.69) is 104 Å². The van der Waals surface area contributed by atoms with Gasteiger partial charge >= 0.3 is 0 Å². The maximum atomic E-state index is 4.58. The van der Waals surface area contributed by atoms with Crippen LogP contribution < -0.4 is 0 Å². The van der Waals surface area contributed by atoms with E-state index >= 15 is 0 Å². The summed E-state index contributed by atoms with van der Waals surface area (Å²) in [5.41, 5.74) is 0. The number of rotatable bonds is 0. The van der Waals surface area contributed by atoms with Crippen LogP contribution in [-0.4, -0.2) is 95.4 Å². The fourth-order valence-electron chi connectivity index (χ4n) is 2.94. The summed E-state index contributed by atoms with van der Waals surface area (Å²) >= 11 is 0. The van der Waals surface area contributed by atoms with Crippen LogP contribution in [0.4, 0.5) is 0 Å². The molecule has 0 aliphatic rings. The molecule has 4 N–H and O–H groups in total. The molecule has 66 heavy (non-hydrogen) atoms. The number of oxazole rings is 1. The zero-order valence-corrected chi connectivity index (χ0v) is 35.5. The van der Waals surface area contributed by atoms with E-state index in [4.69, 9.17) is 0 Å². The Morgan fingerprint density at radius 1 is 0.258 bits per heavy atom. The average Bonchev–Trinajstić information content (AvgIpc) is 4.29. The van der Waals surface area contributed by atoms with E-state index in [9.17, 15) is 0 Å². The first kappa shape index (κ1) is 54.0. The van der Waals surface area contributed by atoms with Gasteiger partial charge in [0.05, 0.1) is 25.1 Å². The monoisotopic (exact) mass is 887 g/mol. The van der Waals surface area contributed by atoms with E-state index in [1.807, 2.05) is 109 Å². The number of nitrogens with zero attached hydrogens (tertiary/aromatic N) is 15. The third-order valence-corrected chi connectivity index (χ3v) is 5.48. The number of imidazole rings is 1. The van der Waals surface area contributed by atoms with Gasteiger partial charge in [-0.25, -0.2) is 39.9 Å². The smallest absolute Gasteiger partial charge is 0.180 e. The predicted octanol–water partition coefficient (Wildman–Crippen LogP) is 7.66. The standard InChI is InChI=1S/C6H6.C5H5N.3C4H4N2.C4H5N.C4H4O.C3H3N3.2C3H4N2.C3H3NO.C2H3N3/c2*1-2-4-6-5-3-1;1-2-6-4-3-5-1;1-2-5-4-6-3-1;1-2-4-6-5-3-1;2*1-2-4-5-3-1;1-4-2-6-3-5-1;1-2-5-3-4-1;1-2-4-5-3-1;1-2-5-3-4-1;1-3-2-5-4-1/h1-6H;1-5H;3*1-4H;1-5H;1-4H;1-3H;2*1-3H,(H,4,5);1-3H;1-2H,(H,3,4,5). The van der Waals surface area contributed by atoms with E-state index < -0.39 is 0 Å². The molecule has 0 saturated carbocycles. The second-order valence-corrected chi connectivity index (χ2v) is 10.2. The van der Waals surface area contributed by atoms with Gasteiger partial charge in [0.2, 0.25) is 0 Å². The van der Waals surface area contributed by atoms with Gasteiger partial charge < -0.3 is 18.8 Å². The largest absolute Gasteiger partial charge is 0.473 e. The normalized spacial score (nSPS) is 8.00. The molecule has 12 aromatic rings. The van der Waals surface area contributed by atoms with Crippen molar-refractivity contribution < 1.29 is 8.83 Å². The lowest BCUT2D eigenvalue weighted by Gasteiger charge is -1.70. The van der Waals surface area contributed by atoms with Crippen LogP contribution >= 0.6 is 0 Å². The highest BCUT2D eigenvalue weighted by molar-refractivity contribution is 4.99. The van der Waals surface area contributed by atoms with Crippen molar-refractivity contribution in [1.82, 2.24) is 95.4 Å². The zero-order chi connectivity index (χ0) is 46.7. The number of aromatic nitrogens is 19. The van der Waals surface area contributed by atoms with Crippen LogP contribution in [0.15, 0.2) is 287 Å². The molecule has 0 fully saturated rings. The molecular formula is C45H49N19O2. The maximum absolute atomic E-state index is 4.58. The Morgan fingerprint density at radius 3 is 1.00 bits per heavy atom. The van der Waals surface area contributed by atoms with Crippen LogP contribution in [0.5, 0.6) is 0 Å². The number of hydrogen-bond acceptors (Lipinski definition) is 17. The second kappa shape index (κ2) is 51.1. The first-order chi connectivity index (χ1) is 33.0. The SMILES string of the molecule is c1c[nH]cn1.c1cc[nH]c1.c1ccccc1.c1ccncc1.c1ccnnc1.c1ccoc1.c1cn[nH]c1.c1cnccn1.c1cncnc1.c1cocn1.c1nc[nH]n1.c1ncncn1. The third-order valence-electron chi connectivity index (χ3n) is 5.48. The van der Waals surface area contributed by atoms with Gasteiger partial charge in [-0.05, 0) is 60.7 Å². The maximum Gasteiger partial charge on any atom is 0.180 e. The summed E-state index contributed by atoms with van der Waals surface area (Å²) in [4.78, 5) is 45.7. The van der Waals surface area contributed by atoms with Crippen molar-refractivity contribution in [1.29, 1.82) is 0 Å². The molecule has 336 valence electrons. The Bertz CT molecular complexity index is 1630. The van der Waals surface area contributed by atoms with Crippen LogP contribution in [0, 0.1) is 0 Å². The minimum atomic E-state index is 1.38. The highest BCUT2D eigenvalue weighted by Crippen LogP contribution is 1.81. The molecule has 21 heteroatoms. The van der Waals surface area contributed by atoms with Crippen molar-refractivity contribution in [2.45, 2.75) is 0 Å². The number of pyridine rings is 1. The Hall–Kier alpha value is -10.0. The number of hydrogen-bond donors (Lipinski definition) is 4. The minimum absolute atomic E-state index is 1.38. The molecule has 0 unspecified atom stereocenters. The Morgan fingerprint density at radius 2 is 0.818 bits per heavy atom. The number of nitrogens with one attached hydrogen (secondary N) is 4. The molecule has 1 aromatic carbocycles. The summed E-state index contributed by atoms with van der Waals surface area (Å²) in [7, 11) is 0. The Balaban J connectivity index is 0.000000360. The van der Waals surface area contributed by atoms with Crippen molar-refractivity contribution >= 4 is 0 Å². The predicted molar refractivity (Wildman–Crippen MR) is 246 cm³/mol. The molecule has 0 spiro atoms. The lowest BCUT2D eigenvalue weighted by Crippen LogP contribution is -1.73. The molecule has 0 atom stereocenters.